The Kier molecular flexibility index (Phi) is 8.53. The van der Waals surface area contributed by atoms with Crippen molar-refractivity contribution in [1.82, 2.24) is 15.6 Å². The highest BCUT2D eigenvalue weighted by atomic mass is 32.2. The second kappa shape index (κ2) is 10.2. The van der Waals surface area contributed by atoms with Gasteiger partial charge >= 0.3 is 5.97 Å². The van der Waals surface area contributed by atoms with Gasteiger partial charge in [0.05, 0.1) is 31.0 Å². The summed E-state index contributed by atoms with van der Waals surface area (Å²) in [5.41, 5.74) is 0.633. The van der Waals surface area contributed by atoms with E-state index in [2.05, 4.69) is 15.6 Å². The van der Waals surface area contributed by atoms with Crippen LogP contribution in [0.1, 0.15) is 19.5 Å². The molecular weight excluding hydrogens is 326 g/mol. The van der Waals surface area contributed by atoms with E-state index >= 15 is 0 Å². The number of amides is 2. The summed E-state index contributed by atoms with van der Waals surface area (Å²) in [5, 5.41) is 6.89. The van der Waals surface area contributed by atoms with Crippen molar-refractivity contribution in [2.45, 2.75) is 24.6 Å². The van der Waals surface area contributed by atoms with Crippen LogP contribution in [0.25, 0.3) is 0 Å². The fraction of sp³-hybridized carbons (Fsp3) is 0.538. The van der Waals surface area contributed by atoms with Crippen LogP contribution in [0.4, 0.5) is 0 Å². The fourth-order valence-electron chi connectivity index (χ4n) is 1.41. The fourth-order valence-corrected chi connectivity index (χ4v) is 3.09. The average Bonchev–Trinajstić information content (AvgIpc) is 2.91. The van der Waals surface area contributed by atoms with Crippen molar-refractivity contribution in [3.63, 3.8) is 0 Å². The molecule has 0 aliphatic carbocycles. The molecule has 0 aromatic carbocycles. The van der Waals surface area contributed by atoms with E-state index in [1.54, 1.807) is 12.3 Å². The Labute approximate surface area is 137 Å². The van der Waals surface area contributed by atoms with Gasteiger partial charge < -0.3 is 15.4 Å². The van der Waals surface area contributed by atoms with Crippen molar-refractivity contribution in [1.29, 1.82) is 0 Å². The molecule has 0 saturated carbocycles. The highest BCUT2D eigenvalue weighted by Gasteiger charge is 2.10. The summed E-state index contributed by atoms with van der Waals surface area (Å²) in [6.45, 7) is 4.41. The molecule has 7 nitrogen and oxygen atoms in total. The second-order valence-electron chi connectivity index (χ2n) is 4.11. The normalized spacial score (nSPS) is 10.1. The van der Waals surface area contributed by atoms with Crippen LogP contribution in [0.2, 0.25) is 0 Å². The minimum atomic E-state index is -0.316. The minimum Gasteiger partial charge on any atom is -0.466 e. The Morgan fingerprint density at radius 2 is 2.05 bits per heavy atom. The Hall–Kier alpha value is -1.61. The van der Waals surface area contributed by atoms with Crippen LogP contribution in [0.5, 0.6) is 0 Å². The largest absolute Gasteiger partial charge is 0.466 e. The molecule has 1 rings (SSSR count). The zero-order chi connectivity index (χ0) is 16.4. The molecule has 0 aliphatic rings. The summed E-state index contributed by atoms with van der Waals surface area (Å²) in [5.74, 6) is -0.597. The van der Waals surface area contributed by atoms with Crippen LogP contribution in [0.15, 0.2) is 9.72 Å². The molecule has 0 fully saturated rings. The molecule has 2 N–H and O–H groups in total. The van der Waals surface area contributed by atoms with E-state index < -0.39 is 0 Å². The van der Waals surface area contributed by atoms with Gasteiger partial charge in [0.15, 0.2) is 4.34 Å². The van der Waals surface area contributed by atoms with E-state index in [1.165, 1.54) is 23.1 Å². The Bertz CT molecular complexity index is 519. The molecule has 9 heteroatoms. The van der Waals surface area contributed by atoms with E-state index in [1.807, 2.05) is 6.92 Å². The Morgan fingerprint density at radius 1 is 1.27 bits per heavy atom. The van der Waals surface area contributed by atoms with Crippen LogP contribution in [-0.2, 0) is 25.5 Å². The number of carbonyl (C=O) groups excluding carboxylic acids is 3. The van der Waals surface area contributed by atoms with Crippen LogP contribution in [-0.4, -0.2) is 48.2 Å². The molecule has 0 saturated heterocycles. The lowest BCUT2D eigenvalue weighted by atomic mass is 10.3. The van der Waals surface area contributed by atoms with Gasteiger partial charge in [0.2, 0.25) is 11.8 Å². The van der Waals surface area contributed by atoms with Crippen molar-refractivity contribution in [3.05, 3.63) is 11.1 Å². The van der Waals surface area contributed by atoms with Gasteiger partial charge in [0.25, 0.3) is 0 Å². The monoisotopic (exact) mass is 345 g/mol. The van der Waals surface area contributed by atoms with Crippen molar-refractivity contribution in [3.8, 4) is 0 Å². The van der Waals surface area contributed by atoms with E-state index in [-0.39, 0.29) is 36.5 Å². The van der Waals surface area contributed by atoms with Gasteiger partial charge in [-0.3, -0.25) is 14.4 Å². The van der Waals surface area contributed by atoms with Gasteiger partial charge in [-0.1, -0.05) is 11.8 Å². The lowest BCUT2D eigenvalue weighted by Crippen LogP contribution is -2.37. The van der Waals surface area contributed by atoms with Gasteiger partial charge in [0, 0.05) is 11.9 Å². The third kappa shape index (κ3) is 7.41. The number of likely N-dealkylation sites (N-methyl/N-ethyl adjacent to an activating group) is 1. The average molecular weight is 345 g/mol. The number of rotatable bonds is 9. The predicted octanol–water partition coefficient (Wildman–Crippen LogP) is 0.593. The third-order valence-electron chi connectivity index (χ3n) is 2.31. The Balaban J connectivity index is 2.30. The third-order valence-corrected chi connectivity index (χ3v) is 4.38. The first-order chi connectivity index (χ1) is 10.5. The molecule has 0 aliphatic heterocycles. The lowest BCUT2D eigenvalue weighted by Gasteiger charge is -2.04. The smallest absolute Gasteiger partial charge is 0.311 e. The molecule has 122 valence electrons. The summed E-state index contributed by atoms with van der Waals surface area (Å²) in [6.07, 6.45) is 0.133. The molecule has 1 aromatic heterocycles. The van der Waals surface area contributed by atoms with Crippen molar-refractivity contribution in [2.75, 3.05) is 25.4 Å². The molecule has 2 amide bonds. The molecule has 0 unspecified atom stereocenters. The first-order valence-corrected chi connectivity index (χ1v) is 8.67. The first kappa shape index (κ1) is 18.4. The van der Waals surface area contributed by atoms with Gasteiger partial charge in [-0.2, -0.15) is 0 Å². The van der Waals surface area contributed by atoms with Crippen molar-refractivity contribution < 1.29 is 19.1 Å². The van der Waals surface area contributed by atoms with E-state index in [9.17, 15) is 14.4 Å². The number of ether oxygens (including phenoxy) is 1. The van der Waals surface area contributed by atoms with Crippen LogP contribution in [0.3, 0.4) is 0 Å². The first-order valence-electron chi connectivity index (χ1n) is 6.81. The summed E-state index contributed by atoms with van der Waals surface area (Å²) in [6, 6.07) is 0. The van der Waals surface area contributed by atoms with Crippen LogP contribution >= 0.6 is 23.1 Å². The molecule has 0 atom stereocenters. The molecular formula is C13H19N3O4S2. The van der Waals surface area contributed by atoms with Gasteiger partial charge in [-0.15, -0.1) is 11.3 Å². The maximum atomic E-state index is 11.6. The van der Waals surface area contributed by atoms with E-state index in [0.29, 0.717) is 23.2 Å². The van der Waals surface area contributed by atoms with Crippen LogP contribution < -0.4 is 10.6 Å². The van der Waals surface area contributed by atoms with Crippen LogP contribution in [0, 0.1) is 0 Å². The van der Waals surface area contributed by atoms with Crippen molar-refractivity contribution in [2.24, 2.45) is 0 Å². The van der Waals surface area contributed by atoms with E-state index in [4.69, 9.17) is 4.74 Å². The minimum absolute atomic E-state index is 0.0286. The van der Waals surface area contributed by atoms with E-state index in [0.717, 1.165) is 0 Å². The molecule has 1 aromatic rings. The molecule has 22 heavy (non-hydrogen) atoms. The van der Waals surface area contributed by atoms with Gasteiger partial charge in [0.1, 0.15) is 0 Å². The zero-order valence-corrected chi connectivity index (χ0v) is 14.1. The zero-order valence-electron chi connectivity index (χ0n) is 12.5. The van der Waals surface area contributed by atoms with Crippen molar-refractivity contribution >= 4 is 40.9 Å². The number of nitrogens with one attached hydrogen (secondary N) is 2. The summed E-state index contributed by atoms with van der Waals surface area (Å²) in [4.78, 5) is 38.4. The molecule has 0 bridgehead atoms. The number of carbonyl (C=O) groups is 3. The SMILES string of the molecule is CCNC(=O)CNC(=O)CSc1nc(CC(=O)OCC)cs1. The highest BCUT2D eigenvalue weighted by Crippen LogP contribution is 2.22. The number of thioether (sulfide) groups is 1. The predicted molar refractivity (Wildman–Crippen MR) is 84.9 cm³/mol. The maximum absolute atomic E-state index is 11.6. The summed E-state index contributed by atoms with van der Waals surface area (Å²) in [7, 11) is 0. The standard InChI is InChI=1S/C13H19N3O4S2/c1-3-14-10(17)6-15-11(18)8-22-13-16-9(7-21-13)5-12(19)20-4-2/h7H,3-6,8H2,1-2H3,(H,14,17)(H,15,18). The topological polar surface area (TPSA) is 97.4 Å². The number of thiazole rings is 1. The number of hydrogen-bond acceptors (Lipinski definition) is 7. The van der Waals surface area contributed by atoms with Gasteiger partial charge in [-0.05, 0) is 13.8 Å². The second-order valence-corrected chi connectivity index (χ2v) is 6.19. The summed E-state index contributed by atoms with van der Waals surface area (Å²) < 4.78 is 5.55. The Morgan fingerprint density at radius 3 is 2.73 bits per heavy atom. The quantitative estimate of drug-likeness (QED) is 0.502. The lowest BCUT2D eigenvalue weighted by molar-refractivity contribution is -0.142. The molecule has 1 heterocycles. The number of esters is 1. The highest BCUT2D eigenvalue weighted by molar-refractivity contribution is 8.01. The number of nitrogens with zero attached hydrogens (tertiary/aromatic N) is 1. The summed E-state index contributed by atoms with van der Waals surface area (Å²) >= 11 is 2.64. The van der Waals surface area contributed by atoms with Gasteiger partial charge in [-0.25, -0.2) is 4.98 Å². The molecule has 0 radical (unpaired) electrons. The number of aromatic nitrogens is 1. The number of hydrogen-bond donors (Lipinski definition) is 2. The molecule has 0 spiro atoms. The maximum Gasteiger partial charge on any atom is 0.311 e.